The van der Waals surface area contributed by atoms with Gasteiger partial charge in [0.25, 0.3) is 5.56 Å². The summed E-state index contributed by atoms with van der Waals surface area (Å²) < 4.78 is 6.96. The molecule has 3 rings (SSSR count). The Hall–Kier alpha value is -3.75. The molecule has 0 unspecified atom stereocenters. The second-order valence-electron chi connectivity index (χ2n) is 7.20. The first-order valence-electron chi connectivity index (χ1n) is 10.1. The van der Waals surface area contributed by atoms with Crippen LogP contribution in [0, 0.1) is 6.92 Å². The number of aromatic nitrogens is 3. The molecule has 1 aromatic carbocycles. The number of amides is 2. The third-order valence-corrected chi connectivity index (χ3v) is 4.80. The van der Waals surface area contributed by atoms with E-state index in [-0.39, 0.29) is 23.7 Å². The zero-order valence-corrected chi connectivity index (χ0v) is 17.6. The maximum absolute atomic E-state index is 12.7. The van der Waals surface area contributed by atoms with Crippen molar-refractivity contribution in [3.8, 4) is 11.4 Å². The van der Waals surface area contributed by atoms with E-state index in [1.54, 1.807) is 34.9 Å². The Morgan fingerprint density at radius 3 is 2.58 bits per heavy atom. The number of benzene rings is 1. The minimum absolute atomic E-state index is 0.143. The van der Waals surface area contributed by atoms with E-state index in [1.807, 2.05) is 19.9 Å². The van der Waals surface area contributed by atoms with E-state index < -0.39 is 5.91 Å². The molecule has 2 heterocycles. The second-order valence-corrected chi connectivity index (χ2v) is 7.20. The molecule has 0 aliphatic carbocycles. The van der Waals surface area contributed by atoms with Crippen LogP contribution in [0.3, 0.4) is 0 Å². The summed E-state index contributed by atoms with van der Waals surface area (Å²) in [5, 5.41) is 6.68. The van der Waals surface area contributed by atoms with E-state index in [4.69, 9.17) is 10.3 Å². The number of nitrogens with zero attached hydrogens (tertiary/aromatic N) is 3. The number of hydrogen-bond donors (Lipinski definition) is 2. The molecule has 2 aromatic heterocycles. The van der Waals surface area contributed by atoms with Gasteiger partial charge in [0.1, 0.15) is 0 Å². The molecule has 9 nitrogen and oxygen atoms in total. The van der Waals surface area contributed by atoms with Crippen LogP contribution in [0.15, 0.2) is 45.7 Å². The predicted octanol–water partition coefficient (Wildman–Crippen LogP) is 2.68. The van der Waals surface area contributed by atoms with Gasteiger partial charge in [0.2, 0.25) is 23.5 Å². The van der Waals surface area contributed by atoms with E-state index in [9.17, 15) is 14.4 Å². The summed E-state index contributed by atoms with van der Waals surface area (Å²) in [4.78, 5) is 40.2. The van der Waals surface area contributed by atoms with E-state index in [2.05, 4.69) is 15.5 Å². The molecule has 9 heteroatoms. The van der Waals surface area contributed by atoms with E-state index in [0.29, 0.717) is 42.1 Å². The number of pyridine rings is 1. The van der Waals surface area contributed by atoms with Crippen molar-refractivity contribution < 1.29 is 14.1 Å². The monoisotopic (exact) mass is 423 g/mol. The van der Waals surface area contributed by atoms with Crippen LogP contribution in [-0.2, 0) is 17.8 Å². The molecule has 0 aliphatic rings. The van der Waals surface area contributed by atoms with E-state index in [0.717, 1.165) is 12.1 Å². The number of carbonyl (C=O) groups is 2. The van der Waals surface area contributed by atoms with Crippen molar-refractivity contribution in [2.75, 3.05) is 5.32 Å². The van der Waals surface area contributed by atoms with E-state index >= 15 is 0 Å². The van der Waals surface area contributed by atoms with Gasteiger partial charge in [-0.25, -0.2) is 0 Å². The second kappa shape index (κ2) is 9.84. The molecule has 0 fully saturated rings. The molecule has 0 bridgehead atoms. The van der Waals surface area contributed by atoms with Crippen LogP contribution in [0.25, 0.3) is 11.4 Å². The van der Waals surface area contributed by atoms with Crippen LogP contribution in [0.5, 0.6) is 0 Å². The molecule has 0 saturated heterocycles. The molecule has 0 aliphatic heterocycles. The lowest BCUT2D eigenvalue weighted by atomic mass is 10.2. The Labute approximate surface area is 179 Å². The lowest BCUT2D eigenvalue weighted by molar-refractivity contribution is -0.116. The number of aryl methyl sites for hydroxylation is 2. The van der Waals surface area contributed by atoms with Crippen molar-refractivity contribution in [3.05, 3.63) is 63.9 Å². The van der Waals surface area contributed by atoms with Gasteiger partial charge in [-0.05, 0) is 56.2 Å². The average Bonchev–Trinajstić information content (AvgIpc) is 3.20. The largest absolute Gasteiger partial charge is 0.366 e. The van der Waals surface area contributed by atoms with E-state index in [1.165, 1.54) is 0 Å². The Morgan fingerprint density at radius 2 is 1.90 bits per heavy atom. The van der Waals surface area contributed by atoms with Gasteiger partial charge >= 0.3 is 0 Å². The zero-order chi connectivity index (χ0) is 22.4. The molecular formula is C22H25N5O4. The summed E-state index contributed by atoms with van der Waals surface area (Å²) in [5.41, 5.74) is 7.29. The molecule has 2 amide bonds. The van der Waals surface area contributed by atoms with Crippen molar-refractivity contribution in [3.63, 3.8) is 0 Å². The third-order valence-electron chi connectivity index (χ3n) is 4.80. The quantitative estimate of drug-likeness (QED) is 0.544. The molecule has 0 radical (unpaired) electrons. The van der Waals surface area contributed by atoms with Crippen LogP contribution < -0.4 is 16.6 Å². The topological polar surface area (TPSA) is 133 Å². The van der Waals surface area contributed by atoms with Crippen LogP contribution in [0.4, 0.5) is 5.69 Å². The molecule has 31 heavy (non-hydrogen) atoms. The Kier molecular flexibility index (Phi) is 6.96. The minimum atomic E-state index is -0.522. The highest BCUT2D eigenvalue weighted by atomic mass is 16.5. The highest BCUT2D eigenvalue weighted by molar-refractivity contribution is 5.94. The standard InChI is InChI=1S/C22H25N5O4/c1-3-13-27-14(2)7-12-17(22(27)30)21-25-19(31-26-21)6-4-5-18(28)24-16-10-8-15(9-11-16)20(23)29/h7-12H,3-6,13H2,1-2H3,(H2,23,29)(H,24,28). The van der Waals surface area contributed by atoms with Crippen molar-refractivity contribution in [2.24, 2.45) is 5.73 Å². The fourth-order valence-corrected chi connectivity index (χ4v) is 3.15. The highest BCUT2D eigenvalue weighted by Gasteiger charge is 2.15. The smallest absolute Gasteiger partial charge is 0.261 e. The summed E-state index contributed by atoms with van der Waals surface area (Å²) in [5.74, 6) is -0.0706. The number of carbonyl (C=O) groups excluding carboxylic acids is 2. The first-order valence-corrected chi connectivity index (χ1v) is 10.1. The van der Waals surface area contributed by atoms with Crippen molar-refractivity contribution >= 4 is 17.5 Å². The average molecular weight is 423 g/mol. The maximum Gasteiger partial charge on any atom is 0.261 e. The Balaban J connectivity index is 1.56. The van der Waals surface area contributed by atoms with Gasteiger partial charge in [-0.3, -0.25) is 14.4 Å². The summed E-state index contributed by atoms with van der Waals surface area (Å²) in [7, 11) is 0. The van der Waals surface area contributed by atoms with Gasteiger partial charge in [0.15, 0.2) is 0 Å². The number of primary amides is 1. The van der Waals surface area contributed by atoms with Gasteiger partial charge < -0.3 is 20.1 Å². The van der Waals surface area contributed by atoms with Crippen LogP contribution >= 0.6 is 0 Å². The highest BCUT2D eigenvalue weighted by Crippen LogP contribution is 2.15. The summed E-state index contributed by atoms with van der Waals surface area (Å²) >= 11 is 0. The number of anilines is 1. The van der Waals surface area contributed by atoms with Gasteiger partial charge in [-0.2, -0.15) is 4.98 Å². The number of rotatable bonds is 9. The van der Waals surface area contributed by atoms with Gasteiger partial charge in [-0.15, -0.1) is 0 Å². The summed E-state index contributed by atoms with van der Waals surface area (Å²) in [6, 6.07) is 9.91. The summed E-state index contributed by atoms with van der Waals surface area (Å²) in [6.07, 6.45) is 2.01. The number of nitrogens with one attached hydrogen (secondary N) is 1. The van der Waals surface area contributed by atoms with Crippen LogP contribution in [0.1, 0.15) is 48.1 Å². The number of hydrogen-bond acceptors (Lipinski definition) is 6. The van der Waals surface area contributed by atoms with Crippen molar-refractivity contribution in [1.29, 1.82) is 0 Å². The SMILES string of the molecule is CCCn1c(C)ccc(-c2noc(CCCC(=O)Nc3ccc(C(N)=O)cc3)n2)c1=O. The normalized spacial score (nSPS) is 10.8. The zero-order valence-electron chi connectivity index (χ0n) is 17.6. The van der Waals surface area contributed by atoms with Crippen molar-refractivity contribution in [1.82, 2.24) is 14.7 Å². The fourth-order valence-electron chi connectivity index (χ4n) is 3.15. The molecular weight excluding hydrogens is 398 g/mol. The minimum Gasteiger partial charge on any atom is -0.366 e. The van der Waals surface area contributed by atoms with Gasteiger partial charge in [-0.1, -0.05) is 12.1 Å². The Morgan fingerprint density at radius 1 is 1.16 bits per heavy atom. The molecule has 3 N–H and O–H groups in total. The van der Waals surface area contributed by atoms with Crippen LogP contribution in [0.2, 0.25) is 0 Å². The lowest BCUT2D eigenvalue weighted by Gasteiger charge is -2.09. The maximum atomic E-state index is 12.7. The first-order chi connectivity index (χ1) is 14.9. The number of nitrogens with two attached hydrogens (primary N) is 1. The predicted molar refractivity (Wildman–Crippen MR) is 116 cm³/mol. The fraction of sp³-hybridized carbons (Fsp3) is 0.318. The molecule has 0 atom stereocenters. The van der Waals surface area contributed by atoms with Gasteiger partial charge in [0.05, 0.1) is 5.56 Å². The molecule has 0 saturated carbocycles. The summed E-state index contributed by atoms with van der Waals surface area (Å²) in [6.45, 7) is 4.53. The third kappa shape index (κ3) is 5.44. The molecule has 162 valence electrons. The van der Waals surface area contributed by atoms with Crippen molar-refractivity contribution in [2.45, 2.75) is 46.1 Å². The molecule has 0 spiro atoms. The first kappa shape index (κ1) is 21.9. The van der Waals surface area contributed by atoms with Crippen LogP contribution in [-0.4, -0.2) is 26.5 Å². The lowest BCUT2D eigenvalue weighted by Crippen LogP contribution is -2.23. The van der Waals surface area contributed by atoms with Gasteiger partial charge in [0, 0.05) is 36.3 Å². The molecule has 3 aromatic rings. The Bertz CT molecular complexity index is 1130.